The molecule has 0 atom stereocenters. The van der Waals surface area contributed by atoms with Crippen LogP contribution in [-0.2, 0) is 10.0 Å². The molecule has 0 unspecified atom stereocenters. The van der Waals surface area contributed by atoms with Gasteiger partial charge in [0.2, 0.25) is 0 Å². The Bertz CT molecular complexity index is 871. The van der Waals surface area contributed by atoms with Crippen LogP contribution in [-0.4, -0.2) is 41.6 Å². The van der Waals surface area contributed by atoms with Gasteiger partial charge in [0.15, 0.2) is 0 Å². The van der Waals surface area contributed by atoms with E-state index in [0.717, 1.165) is 0 Å². The Morgan fingerprint density at radius 2 is 1.74 bits per heavy atom. The van der Waals surface area contributed by atoms with Gasteiger partial charge >= 0.3 is 0 Å². The molecule has 0 spiro atoms. The molecule has 2 rings (SSSR count). The first-order valence-corrected chi connectivity index (χ1v) is 9.56. The third-order valence-corrected chi connectivity index (χ3v) is 5.27. The van der Waals surface area contributed by atoms with E-state index in [2.05, 4.69) is 15.4 Å². The highest BCUT2D eigenvalue weighted by Crippen LogP contribution is 2.22. The number of nitrogens with one attached hydrogen (secondary N) is 3. The van der Waals surface area contributed by atoms with Crippen molar-refractivity contribution in [3.8, 4) is 5.75 Å². The maximum absolute atomic E-state index is 12.7. The lowest BCUT2D eigenvalue weighted by Gasteiger charge is -2.12. The zero-order valence-electron chi connectivity index (χ0n) is 15.4. The lowest BCUT2D eigenvalue weighted by molar-refractivity contribution is 0.0954. The Labute approximate surface area is 166 Å². The van der Waals surface area contributed by atoms with Crippen LogP contribution in [0.15, 0.2) is 47.4 Å². The van der Waals surface area contributed by atoms with Crippen LogP contribution in [0.4, 0.5) is 5.69 Å². The average molecular weight is 414 g/mol. The first-order chi connectivity index (χ1) is 12.4. The van der Waals surface area contributed by atoms with E-state index >= 15 is 0 Å². The summed E-state index contributed by atoms with van der Waals surface area (Å²) in [5.41, 5.74) is 1.26. The van der Waals surface area contributed by atoms with Crippen LogP contribution in [0.3, 0.4) is 0 Å². The standard InChI is InChI=1S/C18H23N3O4S.ClH/c1-13-4-5-14(18(22)20-11-10-19-2)12-17(13)26(23,24)21-15-6-8-16(25-3)9-7-15;/h4-9,12,19,21H,10-11H2,1-3H3,(H,20,22);1H. The zero-order valence-corrected chi connectivity index (χ0v) is 17.0. The van der Waals surface area contributed by atoms with E-state index in [1.807, 2.05) is 0 Å². The largest absolute Gasteiger partial charge is 0.497 e. The summed E-state index contributed by atoms with van der Waals surface area (Å²) in [7, 11) is -0.505. The van der Waals surface area contributed by atoms with Crippen molar-refractivity contribution in [2.45, 2.75) is 11.8 Å². The minimum atomic E-state index is -3.83. The molecule has 27 heavy (non-hydrogen) atoms. The smallest absolute Gasteiger partial charge is 0.262 e. The lowest BCUT2D eigenvalue weighted by atomic mass is 10.1. The number of hydrogen-bond donors (Lipinski definition) is 3. The van der Waals surface area contributed by atoms with E-state index in [9.17, 15) is 13.2 Å². The van der Waals surface area contributed by atoms with Crippen molar-refractivity contribution >= 4 is 34.0 Å². The minimum Gasteiger partial charge on any atom is -0.497 e. The van der Waals surface area contributed by atoms with E-state index in [-0.39, 0.29) is 23.2 Å². The van der Waals surface area contributed by atoms with Crippen LogP contribution in [0.25, 0.3) is 0 Å². The van der Waals surface area contributed by atoms with Crippen LogP contribution in [0.5, 0.6) is 5.75 Å². The zero-order chi connectivity index (χ0) is 19.2. The van der Waals surface area contributed by atoms with Crippen molar-refractivity contribution in [1.29, 1.82) is 0 Å². The molecule has 2 aromatic carbocycles. The quantitative estimate of drug-likeness (QED) is 0.576. The van der Waals surface area contributed by atoms with E-state index < -0.39 is 10.0 Å². The van der Waals surface area contributed by atoms with Crippen molar-refractivity contribution in [2.75, 3.05) is 32.0 Å². The Kier molecular flexibility index (Phi) is 8.55. The highest BCUT2D eigenvalue weighted by atomic mass is 35.5. The predicted molar refractivity (Wildman–Crippen MR) is 108 cm³/mol. The van der Waals surface area contributed by atoms with E-state index in [0.29, 0.717) is 35.7 Å². The molecule has 0 fully saturated rings. The Morgan fingerprint density at radius 3 is 2.33 bits per heavy atom. The number of halogens is 1. The summed E-state index contributed by atoms with van der Waals surface area (Å²) in [5.74, 6) is 0.311. The number of hydrogen-bond acceptors (Lipinski definition) is 5. The number of aryl methyl sites for hydroxylation is 1. The summed E-state index contributed by atoms with van der Waals surface area (Å²) < 4.78 is 33.0. The number of likely N-dealkylation sites (N-methyl/N-ethyl adjacent to an activating group) is 1. The maximum Gasteiger partial charge on any atom is 0.262 e. The molecule has 0 saturated carbocycles. The molecule has 1 amide bonds. The molecule has 0 heterocycles. The third kappa shape index (κ3) is 6.13. The van der Waals surface area contributed by atoms with Gasteiger partial charge in [-0.15, -0.1) is 12.4 Å². The summed E-state index contributed by atoms with van der Waals surface area (Å²) in [5, 5.41) is 5.65. The van der Waals surface area contributed by atoms with Crippen LogP contribution in [0.2, 0.25) is 0 Å². The number of carbonyl (C=O) groups is 1. The second-order valence-electron chi connectivity index (χ2n) is 5.67. The molecule has 0 aliphatic carbocycles. The molecule has 0 saturated heterocycles. The number of rotatable bonds is 8. The predicted octanol–water partition coefficient (Wildman–Crippen LogP) is 2.18. The summed E-state index contributed by atoms with van der Waals surface area (Å²) >= 11 is 0. The molecule has 148 valence electrons. The SMILES string of the molecule is CNCCNC(=O)c1ccc(C)c(S(=O)(=O)Nc2ccc(OC)cc2)c1.Cl. The van der Waals surface area contributed by atoms with Gasteiger partial charge in [-0.3, -0.25) is 9.52 Å². The number of sulfonamides is 1. The number of methoxy groups -OCH3 is 1. The van der Waals surface area contributed by atoms with Gasteiger partial charge in [-0.25, -0.2) is 8.42 Å². The molecule has 2 aromatic rings. The van der Waals surface area contributed by atoms with Gasteiger partial charge in [-0.05, 0) is 55.9 Å². The Morgan fingerprint density at radius 1 is 1.07 bits per heavy atom. The number of anilines is 1. The summed E-state index contributed by atoms with van der Waals surface area (Å²) in [6.07, 6.45) is 0. The third-order valence-electron chi connectivity index (χ3n) is 3.74. The fourth-order valence-electron chi connectivity index (χ4n) is 2.30. The molecule has 0 bridgehead atoms. The maximum atomic E-state index is 12.7. The van der Waals surface area contributed by atoms with Gasteiger partial charge < -0.3 is 15.4 Å². The molecule has 0 aromatic heterocycles. The van der Waals surface area contributed by atoms with Crippen molar-refractivity contribution in [3.63, 3.8) is 0 Å². The average Bonchev–Trinajstić information content (AvgIpc) is 2.62. The summed E-state index contributed by atoms with van der Waals surface area (Å²) in [6, 6.07) is 11.2. The first-order valence-electron chi connectivity index (χ1n) is 8.07. The van der Waals surface area contributed by atoms with Crippen LogP contribution in [0.1, 0.15) is 15.9 Å². The van der Waals surface area contributed by atoms with Gasteiger partial charge in [-0.1, -0.05) is 6.07 Å². The fraction of sp³-hybridized carbons (Fsp3) is 0.278. The Hall–Kier alpha value is -2.29. The summed E-state index contributed by atoms with van der Waals surface area (Å²) in [6.45, 7) is 2.77. The van der Waals surface area contributed by atoms with Crippen LogP contribution in [0, 0.1) is 6.92 Å². The van der Waals surface area contributed by atoms with Crippen molar-refractivity contribution in [2.24, 2.45) is 0 Å². The van der Waals surface area contributed by atoms with Crippen LogP contribution < -0.4 is 20.1 Å². The molecule has 0 aliphatic rings. The molecular formula is C18H24ClN3O4S. The van der Waals surface area contributed by atoms with E-state index in [4.69, 9.17) is 4.74 Å². The number of benzene rings is 2. The highest BCUT2D eigenvalue weighted by Gasteiger charge is 2.19. The lowest BCUT2D eigenvalue weighted by Crippen LogP contribution is -2.30. The van der Waals surface area contributed by atoms with Gasteiger partial charge in [-0.2, -0.15) is 0 Å². The van der Waals surface area contributed by atoms with Crippen LogP contribution >= 0.6 is 12.4 Å². The number of ether oxygens (including phenoxy) is 1. The van der Waals surface area contributed by atoms with Gasteiger partial charge in [0.05, 0.1) is 12.0 Å². The first kappa shape index (κ1) is 22.8. The van der Waals surface area contributed by atoms with Gasteiger partial charge in [0, 0.05) is 24.3 Å². The van der Waals surface area contributed by atoms with Crippen molar-refractivity contribution < 1.29 is 17.9 Å². The summed E-state index contributed by atoms with van der Waals surface area (Å²) in [4.78, 5) is 12.2. The highest BCUT2D eigenvalue weighted by molar-refractivity contribution is 7.92. The second kappa shape index (κ2) is 10.1. The molecule has 9 heteroatoms. The minimum absolute atomic E-state index is 0. The van der Waals surface area contributed by atoms with Crippen molar-refractivity contribution in [3.05, 3.63) is 53.6 Å². The molecule has 0 aliphatic heterocycles. The fourth-order valence-corrected chi connectivity index (χ4v) is 3.63. The molecule has 7 nitrogen and oxygen atoms in total. The number of amides is 1. The van der Waals surface area contributed by atoms with E-state index in [1.54, 1.807) is 50.4 Å². The normalized spacial score (nSPS) is 10.6. The monoisotopic (exact) mass is 413 g/mol. The van der Waals surface area contributed by atoms with E-state index in [1.165, 1.54) is 13.2 Å². The topological polar surface area (TPSA) is 96.5 Å². The molecule has 3 N–H and O–H groups in total. The van der Waals surface area contributed by atoms with Gasteiger partial charge in [0.1, 0.15) is 5.75 Å². The molecule has 0 radical (unpaired) electrons. The number of carbonyl (C=O) groups excluding carboxylic acids is 1. The second-order valence-corrected chi connectivity index (χ2v) is 7.32. The Balaban J connectivity index is 0.00000364. The van der Waals surface area contributed by atoms with Crippen molar-refractivity contribution in [1.82, 2.24) is 10.6 Å². The molecular weight excluding hydrogens is 390 g/mol. The van der Waals surface area contributed by atoms with Gasteiger partial charge in [0.25, 0.3) is 15.9 Å².